The zero-order chi connectivity index (χ0) is 17.1. The number of hydrogen-bond acceptors (Lipinski definition) is 3. The number of anilines is 1. The van der Waals surface area contributed by atoms with Crippen molar-refractivity contribution in [3.63, 3.8) is 0 Å². The maximum atomic E-state index is 12.5. The van der Waals surface area contributed by atoms with E-state index in [2.05, 4.69) is 10.3 Å². The van der Waals surface area contributed by atoms with E-state index in [4.69, 9.17) is 16.3 Å². The van der Waals surface area contributed by atoms with E-state index >= 15 is 0 Å². The first-order valence-corrected chi connectivity index (χ1v) is 7.82. The fraction of sp³-hybridized carbons (Fsp3) is 0.111. The minimum absolute atomic E-state index is 0.0265. The largest absolute Gasteiger partial charge is 0.494 e. The lowest BCUT2D eigenvalue weighted by molar-refractivity contribution is 0.102. The molecule has 1 amide bonds. The Kier molecular flexibility index (Phi) is 4.53. The Morgan fingerprint density at radius 3 is 2.67 bits per heavy atom. The fourth-order valence-corrected chi connectivity index (χ4v) is 2.61. The van der Waals surface area contributed by atoms with E-state index in [0.29, 0.717) is 34.0 Å². The Bertz CT molecular complexity index is 949. The molecule has 122 valence electrons. The van der Waals surface area contributed by atoms with Gasteiger partial charge in [-0.25, -0.2) is 0 Å². The number of amides is 1. The third-order valence-electron chi connectivity index (χ3n) is 3.53. The second-order valence-corrected chi connectivity index (χ2v) is 5.51. The Hall–Kier alpha value is -2.79. The van der Waals surface area contributed by atoms with Gasteiger partial charge in [0.15, 0.2) is 0 Å². The van der Waals surface area contributed by atoms with Crippen molar-refractivity contribution in [1.82, 2.24) is 4.98 Å². The van der Waals surface area contributed by atoms with Crippen molar-refractivity contribution in [2.45, 2.75) is 6.92 Å². The number of aromatic nitrogens is 1. The third-order valence-corrected chi connectivity index (χ3v) is 3.85. The molecule has 0 unspecified atom stereocenters. The number of aromatic amines is 1. The zero-order valence-electron chi connectivity index (χ0n) is 12.9. The monoisotopic (exact) mass is 342 g/mol. The van der Waals surface area contributed by atoms with Crippen LogP contribution in [-0.2, 0) is 0 Å². The van der Waals surface area contributed by atoms with E-state index in [-0.39, 0.29) is 11.0 Å². The van der Waals surface area contributed by atoms with Gasteiger partial charge in [0, 0.05) is 17.3 Å². The molecule has 0 bridgehead atoms. The summed E-state index contributed by atoms with van der Waals surface area (Å²) >= 11 is 6.05. The van der Waals surface area contributed by atoms with Crippen molar-refractivity contribution in [2.75, 3.05) is 11.9 Å². The van der Waals surface area contributed by atoms with Gasteiger partial charge in [0.05, 0.1) is 17.1 Å². The van der Waals surface area contributed by atoms with E-state index in [1.807, 2.05) is 6.92 Å². The van der Waals surface area contributed by atoms with Crippen LogP contribution in [0.5, 0.6) is 5.75 Å². The van der Waals surface area contributed by atoms with Crippen LogP contribution in [0.4, 0.5) is 5.69 Å². The maximum absolute atomic E-state index is 12.5. The topological polar surface area (TPSA) is 71.2 Å². The zero-order valence-corrected chi connectivity index (χ0v) is 13.7. The first kappa shape index (κ1) is 16.1. The van der Waals surface area contributed by atoms with Gasteiger partial charge < -0.3 is 15.0 Å². The van der Waals surface area contributed by atoms with Crippen LogP contribution in [0.15, 0.2) is 53.5 Å². The molecule has 0 aliphatic heterocycles. The Labute approximate surface area is 143 Å². The molecule has 0 radical (unpaired) electrons. The first-order chi connectivity index (χ1) is 11.6. The minimum atomic E-state index is -0.484. The molecule has 3 rings (SSSR count). The van der Waals surface area contributed by atoms with Crippen LogP contribution in [-0.4, -0.2) is 17.5 Å². The molecule has 0 spiro atoms. The molecule has 6 heteroatoms. The number of carbonyl (C=O) groups excluding carboxylic acids is 1. The summed E-state index contributed by atoms with van der Waals surface area (Å²) in [6.45, 7) is 2.47. The predicted molar refractivity (Wildman–Crippen MR) is 95.1 cm³/mol. The number of ether oxygens (including phenoxy) is 1. The molecule has 2 N–H and O–H groups in total. The van der Waals surface area contributed by atoms with Crippen molar-refractivity contribution in [3.05, 3.63) is 69.5 Å². The van der Waals surface area contributed by atoms with Crippen LogP contribution < -0.4 is 15.5 Å². The third kappa shape index (κ3) is 3.12. The van der Waals surface area contributed by atoms with Crippen LogP contribution in [0, 0.1) is 0 Å². The van der Waals surface area contributed by atoms with Crippen molar-refractivity contribution < 1.29 is 9.53 Å². The molecule has 0 aliphatic carbocycles. The number of para-hydroxylation sites is 1. The van der Waals surface area contributed by atoms with E-state index in [1.165, 1.54) is 6.20 Å². The van der Waals surface area contributed by atoms with E-state index < -0.39 is 5.91 Å². The molecule has 3 aromatic rings. The first-order valence-electron chi connectivity index (χ1n) is 7.44. The Morgan fingerprint density at radius 2 is 1.96 bits per heavy atom. The molecule has 0 aliphatic rings. The highest BCUT2D eigenvalue weighted by Crippen LogP contribution is 2.19. The lowest BCUT2D eigenvalue weighted by Gasteiger charge is -2.08. The summed E-state index contributed by atoms with van der Waals surface area (Å²) in [5.41, 5.74) is 0.754. The predicted octanol–water partition coefficient (Wildman–Crippen LogP) is 3.83. The van der Waals surface area contributed by atoms with Crippen LogP contribution in [0.3, 0.4) is 0 Å². The Morgan fingerprint density at radius 1 is 1.21 bits per heavy atom. The average molecular weight is 343 g/mol. The summed E-state index contributed by atoms with van der Waals surface area (Å²) in [6.07, 6.45) is 1.38. The normalized spacial score (nSPS) is 10.6. The number of pyridine rings is 1. The molecule has 0 saturated carbocycles. The average Bonchev–Trinajstić information content (AvgIpc) is 2.58. The molecule has 0 atom stereocenters. The van der Waals surface area contributed by atoms with Crippen molar-refractivity contribution in [3.8, 4) is 5.75 Å². The summed E-state index contributed by atoms with van der Waals surface area (Å²) in [5, 5.41) is 3.51. The van der Waals surface area contributed by atoms with Crippen molar-refractivity contribution in [2.24, 2.45) is 0 Å². The summed E-state index contributed by atoms with van der Waals surface area (Å²) < 4.78 is 5.35. The number of hydrogen-bond donors (Lipinski definition) is 2. The quantitative estimate of drug-likeness (QED) is 0.757. The summed E-state index contributed by atoms with van der Waals surface area (Å²) in [5.74, 6) is 0.232. The van der Waals surface area contributed by atoms with Gasteiger partial charge in [-0.3, -0.25) is 9.59 Å². The van der Waals surface area contributed by atoms with Gasteiger partial charge in [0.2, 0.25) is 5.43 Å². The van der Waals surface area contributed by atoms with Gasteiger partial charge in [-0.15, -0.1) is 0 Å². The number of fused-ring (bicyclic) bond motifs is 1. The van der Waals surface area contributed by atoms with E-state index in [0.717, 1.165) is 0 Å². The highest BCUT2D eigenvalue weighted by Gasteiger charge is 2.14. The molecule has 2 aromatic carbocycles. The van der Waals surface area contributed by atoms with Crippen LogP contribution in [0.25, 0.3) is 10.9 Å². The van der Waals surface area contributed by atoms with Crippen LogP contribution >= 0.6 is 11.6 Å². The highest BCUT2D eigenvalue weighted by atomic mass is 35.5. The lowest BCUT2D eigenvalue weighted by Crippen LogP contribution is -2.21. The smallest absolute Gasteiger partial charge is 0.261 e. The second-order valence-electron chi connectivity index (χ2n) is 5.11. The number of benzene rings is 2. The molecule has 0 saturated heterocycles. The number of nitrogens with one attached hydrogen (secondary N) is 2. The second kappa shape index (κ2) is 6.76. The van der Waals surface area contributed by atoms with E-state index in [9.17, 15) is 9.59 Å². The molecule has 1 aromatic heterocycles. The van der Waals surface area contributed by atoms with Gasteiger partial charge >= 0.3 is 0 Å². The number of H-pyrrole nitrogens is 1. The van der Waals surface area contributed by atoms with Gasteiger partial charge in [-0.2, -0.15) is 0 Å². The summed E-state index contributed by atoms with van der Waals surface area (Å²) in [7, 11) is 0. The van der Waals surface area contributed by atoms with Crippen LogP contribution in [0.1, 0.15) is 17.3 Å². The molecule has 1 heterocycles. The fourth-order valence-electron chi connectivity index (χ4n) is 2.38. The van der Waals surface area contributed by atoms with E-state index in [1.54, 1.807) is 42.5 Å². The Balaban J connectivity index is 1.89. The molecule has 24 heavy (non-hydrogen) atoms. The van der Waals surface area contributed by atoms with Crippen molar-refractivity contribution in [1.29, 1.82) is 0 Å². The standard InChI is InChI=1S/C18H15ClN2O3/c1-2-24-12-8-6-11(7-9-12)21-18(23)14-10-20-16-13(17(14)22)4-3-5-15(16)19/h3-10H,2H2,1H3,(H,20,22)(H,21,23). The van der Waals surface area contributed by atoms with Crippen LogP contribution in [0.2, 0.25) is 5.02 Å². The number of carbonyl (C=O) groups is 1. The molecular weight excluding hydrogens is 328 g/mol. The van der Waals surface area contributed by atoms with Gasteiger partial charge in [0.1, 0.15) is 11.3 Å². The number of rotatable bonds is 4. The van der Waals surface area contributed by atoms with Gasteiger partial charge in [0.25, 0.3) is 5.91 Å². The molecule has 0 fully saturated rings. The van der Waals surface area contributed by atoms with Gasteiger partial charge in [-0.05, 0) is 43.3 Å². The lowest BCUT2D eigenvalue weighted by atomic mass is 10.1. The SMILES string of the molecule is CCOc1ccc(NC(=O)c2c[nH]c3c(Cl)cccc3c2=O)cc1. The maximum Gasteiger partial charge on any atom is 0.261 e. The minimum Gasteiger partial charge on any atom is -0.494 e. The summed E-state index contributed by atoms with van der Waals surface area (Å²) in [4.78, 5) is 27.8. The summed E-state index contributed by atoms with van der Waals surface area (Å²) in [6, 6.07) is 11.9. The molecular formula is C18H15ClN2O3. The van der Waals surface area contributed by atoms with Gasteiger partial charge in [-0.1, -0.05) is 17.7 Å². The van der Waals surface area contributed by atoms with Crippen molar-refractivity contribution >= 4 is 34.1 Å². The highest BCUT2D eigenvalue weighted by molar-refractivity contribution is 6.35. The number of halogens is 1. The molecule has 5 nitrogen and oxygen atoms in total.